The van der Waals surface area contributed by atoms with Gasteiger partial charge >= 0.3 is 0 Å². The van der Waals surface area contributed by atoms with Gasteiger partial charge < -0.3 is 4.74 Å². The van der Waals surface area contributed by atoms with Crippen LogP contribution in [-0.4, -0.2) is 14.8 Å². The molecule has 0 spiro atoms. The average molecular weight is 355 g/mol. The summed E-state index contributed by atoms with van der Waals surface area (Å²) in [7, 11) is 0. The molecule has 1 aromatic heterocycles. The summed E-state index contributed by atoms with van der Waals surface area (Å²) in [4.78, 5) is 4.04. The van der Waals surface area contributed by atoms with Gasteiger partial charge in [0, 0.05) is 0 Å². The van der Waals surface area contributed by atoms with E-state index in [9.17, 15) is 0 Å². The van der Waals surface area contributed by atoms with E-state index < -0.39 is 0 Å². The van der Waals surface area contributed by atoms with Crippen molar-refractivity contribution in [3.8, 4) is 11.1 Å². The molecule has 4 heteroatoms. The Labute approximate surface area is 159 Å². The van der Waals surface area contributed by atoms with Gasteiger partial charge in [0.2, 0.25) is 0 Å². The molecule has 27 heavy (non-hydrogen) atoms. The Kier molecular flexibility index (Phi) is 5.36. The van der Waals surface area contributed by atoms with Crippen LogP contribution in [0, 0.1) is 0 Å². The second kappa shape index (κ2) is 8.43. The molecule has 3 aromatic carbocycles. The number of benzene rings is 3. The molecular weight excluding hydrogens is 334 g/mol. The third-order valence-electron chi connectivity index (χ3n) is 4.50. The lowest BCUT2D eigenvalue weighted by Crippen LogP contribution is -2.13. The van der Waals surface area contributed by atoms with Crippen LogP contribution < -0.4 is 0 Å². The van der Waals surface area contributed by atoms with E-state index >= 15 is 0 Å². The molecule has 1 atom stereocenters. The minimum Gasteiger partial charge on any atom is -0.367 e. The second-order valence-electron chi connectivity index (χ2n) is 6.39. The highest BCUT2D eigenvalue weighted by Gasteiger charge is 2.14. The summed E-state index contributed by atoms with van der Waals surface area (Å²) in [5.41, 5.74) is 4.69. The van der Waals surface area contributed by atoms with Crippen molar-refractivity contribution in [1.29, 1.82) is 0 Å². The number of hydrogen-bond acceptors (Lipinski definition) is 3. The number of nitrogens with zero attached hydrogens (tertiary/aromatic N) is 3. The third kappa shape index (κ3) is 4.49. The molecule has 0 saturated carbocycles. The van der Waals surface area contributed by atoms with Crippen LogP contribution in [0.15, 0.2) is 97.6 Å². The summed E-state index contributed by atoms with van der Waals surface area (Å²) >= 11 is 0. The number of aromatic nitrogens is 3. The largest absolute Gasteiger partial charge is 0.367 e. The van der Waals surface area contributed by atoms with Gasteiger partial charge in [-0.25, -0.2) is 4.98 Å². The Hall–Kier alpha value is -3.24. The molecule has 4 rings (SSSR count). The van der Waals surface area contributed by atoms with Gasteiger partial charge in [0.1, 0.15) is 18.8 Å². The number of ether oxygens (including phenoxy) is 1. The molecule has 0 amide bonds. The standard InChI is InChI=1S/C23H21N3O/c1-3-7-19(8-4-1)16-27-23(15-26-18-24-17-25-26)22-13-11-21(12-14-22)20-9-5-2-6-10-20/h1-14,17-18,23H,15-16H2. The molecule has 0 fully saturated rings. The van der Waals surface area contributed by atoms with E-state index in [1.165, 1.54) is 11.1 Å². The van der Waals surface area contributed by atoms with E-state index in [0.29, 0.717) is 13.2 Å². The van der Waals surface area contributed by atoms with Crippen molar-refractivity contribution in [2.45, 2.75) is 19.3 Å². The van der Waals surface area contributed by atoms with Crippen LogP contribution >= 0.6 is 0 Å². The molecule has 0 aliphatic heterocycles. The first-order chi connectivity index (χ1) is 13.4. The van der Waals surface area contributed by atoms with Crippen molar-refractivity contribution in [1.82, 2.24) is 14.8 Å². The number of hydrogen-bond donors (Lipinski definition) is 0. The van der Waals surface area contributed by atoms with Crippen molar-refractivity contribution >= 4 is 0 Å². The summed E-state index contributed by atoms with van der Waals surface area (Å²) in [6, 6.07) is 29.2. The molecule has 134 valence electrons. The SMILES string of the molecule is c1ccc(COC(Cn2cncn2)c2ccc(-c3ccccc3)cc2)cc1. The summed E-state index contributed by atoms with van der Waals surface area (Å²) < 4.78 is 8.05. The fourth-order valence-electron chi connectivity index (χ4n) is 3.04. The highest BCUT2D eigenvalue weighted by Crippen LogP contribution is 2.25. The van der Waals surface area contributed by atoms with Crippen molar-refractivity contribution in [3.63, 3.8) is 0 Å². The Balaban J connectivity index is 1.54. The zero-order valence-corrected chi connectivity index (χ0v) is 15.0. The zero-order valence-electron chi connectivity index (χ0n) is 15.0. The van der Waals surface area contributed by atoms with Crippen LogP contribution in [0.25, 0.3) is 11.1 Å². The minimum atomic E-state index is -0.100. The monoisotopic (exact) mass is 355 g/mol. The first-order valence-corrected chi connectivity index (χ1v) is 9.02. The van der Waals surface area contributed by atoms with Crippen LogP contribution in [0.3, 0.4) is 0 Å². The molecule has 4 nitrogen and oxygen atoms in total. The van der Waals surface area contributed by atoms with Gasteiger partial charge in [0.15, 0.2) is 0 Å². The van der Waals surface area contributed by atoms with Crippen molar-refractivity contribution in [2.75, 3.05) is 0 Å². The highest BCUT2D eigenvalue weighted by molar-refractivity contribution is 5.63. The summed E-state index contributed by atoms with van der Waals surface area (Å²) in [6.07, 6.45) is 3.17. The van der Waals surface area contributed by atoms with Crippen LogP contribution in [-0.2, 0) is 17.9 Å². The van der Waals surface area contributed by atoms with E-state index in [4.69, 9.17) is 4.74 Å². The molecule has 0 radical (unpaired) electrons. The van der Waals surface area contributed by atoms with E-state index in [-0.39, 0.29) is 6.10 Å². The van der Waals surface area contributed by atoms with Crippen LogP contribution in [0.5, 0.6) is 0 Å². The fourth-order valence-corrected chi connectivity index (χ4v) is 3.04. The van der Waals surface area contributed by atoms with Gasteiger partial charge in [-0.1, -0.05) is 84.9 Å². The molecule has 0 N–H and O–H groups in total. The van der Waals surface area contributed by atoms with E-state index in [1.807, 2.05) is 24.3 Å². The van der Waals surface area contributed by atoms with Crippen molar-refractivity contribution in [3.05, 3.63) is 109 Å². The molecule has 1 heterocycles. The van der Waals surface area contributed by atoms with Crippen LogP contribution in [0.1, 0.15) is 17.2 Å². The maximum atomic E-state index is 6.24. The van der Waals surface area contributed by atoms with E-state index in [2.05, 4.69) is 70.7 Å². The molecule has 0 bridgehead atoms. The molecule has 0 aliphatic rings. The fraction of sp³-hybridized carbons (Fsp3) is 0.130. The first-order valence-electron chi connectivity index (χ1n) is 9.02. The topological polar surface area (TPSA) is 39.9 Å². The normalized spacial score (nSPS) is 12.0. The second-order valence-corrected chi connectivity index (χ2v) is 6.39. The maximum absolute atomic E-state index is 6.24. The zero-order chi connectivity index (χ0) is 18.3. The lowest BCUT2D eigenvalue weighted by molar-refractivity contribution is 0.0256. The first kappa shape index (κ1) is 17.2. The minimum absolute atomic E-state index is 0.100. The summed E-state index contributed by atoms with van der Waals surface area (Å²) in [5, 5.41) is 4.23. The van der Waals surface area contributed by atoms with Gasteiger partial charge in [-0.05, 0) is 22.3 Å². The Morgan fingerprint density at radius 1 is 0.778 bits per heavy atom. The molecule has 0 aliphatic carbocycles. The van der Waals surface area contributed by atoms with Crippen LogP contribution in [0.4, 0.5) is 0 Å². The Morgan fingerprint density at radius 3 is 2.11 bits per heavy atom. The Bertz CT molecular complexity index is 936. The van der Waals surface area contributed by atoms with Gasteiger partial charge in [-0.2, -0.15) is 5.10 Å². The van der Waals surface area contributed by atoms with Gasteiger partial charge in [0.05, 0.1) is 13.2 Å². The van der Waals surface area contributed by atoms with Gasteiger partial charge in [-0.3, -0.25) is 4.68 Å². The Morgan fingerprint density at radius 2 is 1.44 bits per heavy atom. The van der Waals surface area contributed by atoms with Crippen molar-refractivity contribution in [2.24, 2.45) is 0 Å². The molecule has 0 saturated heterocycles. The quantitative estimate of drug-likeness (QED) is 0.473. The molecule has 1 unspecified atom stereocenters. The number of rotatable bonds is 7. The predicted octanol–water partition coefficient (Wildman–Crippen LogP) is 4.90. The van der Waals surface area contributed by atoms with E-state index in [0.717, 1.165) is 11.1 Å². The summed E-state index contributed by atoms with van der Waals surface area (Å²) in [6.45, 7) is 1.18. The highest BCUT2D eigenvalue weighted by atomic mass is 16.5. The average Bonchev–Trinajstić information content (AvgIpc) is 3.26. The van der Waals surface area contributed by atoms with Gasteiger partial charge in [-0.15, -0.1) is 0 Å². The van der Waals surface area contributed by atoms with Crippen molar-refractivity contribution < 1.29 is 4.74 Å². The van der Waals surface area contributed by atoms with Crippen LogP contribution in [0.2, 0.25) is 0 Å². The molecule has 4 aromatic rings. The maximum Gasteiger partial charge on any atom is 0.137 e. The lowest BCUT2D eigenvalue weighted by atomic mass is 10.0. The summed E-state index contributed by atoms with van der Waals surface area (Å²) in [5.74, 6) is 0. The third-order valence-corrected chi connectivity index (χ3v) is 4.50. The predicted molar refractivity (Wildman–Crippen MR) is 106 cm³/mol. The lowest BCUT2D eigenvalue weighted by Gasteiger charge is -2.19. The van der Waals surface area contributed by atoms with E-state index in [1.54, 1.807) is 17.3 Å². The molecular formula is C23H21N3O. The van der Waals surface area contributed by atoms with Gasteiger partial charge in [0.25, 0.3) is 0 Å². The smallest absolute Gasteiger partial charge is 0.137 e.